The molecular formula is C26H36N2O4. The van der Waals surface area contributed by atoms with Crippen LogP contribution >= 0.6 is 0 Å². The van der Waals surface area contributed by atoms with Crippen molar-refractivity contribution >= 4 is 11.8 Å². The van der Waals surface area contributed by atoms with Gasteiger partial charge in [-0.3, -0.25) is 9.59 Å². The van der Waals surface area contributed by atoms with E-state index in [4.69, 9.17) is 9.47 Å². The van der Waals surface area contributed by atoms with E-state index < -0.39 is 0 Å². The number of carbonyl (C=O) groups is 2. The summed E-state index contributed by atoms with van der Waals surface area (Å²) in [6.07, 6.45) is 9.46. The number of benzene rings is 1. The molecule has 6 heteroatoms. The quantitative estimate of drug-likeness (QED) is 0.734. The Hall–Kier alpha value is -2.24. The first kappa shape index (κ1) is 21.6. The topological polar surface area (TPSA) is 67.9 Å². The molecule has 0 unspecified atom stereocenters. The zero-order chi connectivity index (χ0) is 22.3. The normalized spacial score (nSPS) is 31.4. The molecule has 4 aliphatic carbocycles. The second-order valence-electron chi connectivity index (χ2n) is 10.7. The number of hydrogen-bond acceptors (Lipinski definition) is 4. The van der Waals surface area contributed by atoms with Gasteiger partial charge in [0.25, 0.3) is 0 Å². The number of methoxy groups -OCH3 is 2. The molecule has 4 bridgehead atoms. The summed E-state index contributed by atoms with van der Waals surface area (Å²) in [5.74, 6) is 4.10. The third-order valence-electron chi connectivity index (χ3n) is 8.45. The maximum Gasteiger partial charge on any atom is 0.228 e. The van der Waals surface area contributed by atoms with Crippen LogP contribution in [0.3, 0.4) is 0 Å². The van der Waals surface area contributed by atoms with Crippen LogP contribution in [0, 0.1) is 23.2 Å². The van der Waals surface area contributed by atoms with E-state index in [-0.39, 0.29) is 17.4 Å². The SMILES string of the molecule is COc1ccc(CC(=O)NC2CCN(C(=O)C34CC5CC(CC(C5)C3)C4)CC2)cc1OC. The van der Waals surface area contributed by atoms with Crippen molar-refractivity contribution in [2.75, 3.05) is 27.3 Å². The van der Waals surface area contributed by atoms with Crippen LogP contribution in [0.5, 0.6) is 11.5 Å². The summed E-state index contributed by atoms with van der Waals surface area (Å²) >= 11 is 0. The Morgan fingerprint density at radius 1 is 0.969 bits per heavy atom. The van der Waals surface area contributed by atoms with Crippen molar-refractivity contribution < 1.29 is 19.1 Å². The molecule has 0 radical (unpaired) electrons. The van der Waals surface area contributed by atoms with Gasteiger partial charge in [-0.2, -0.15) is 0 Å². The fourth-order valence-corrected chi connectivity index (χ4v) is 7.39. The number of ether oxygens (including phenoxy) is 2. The van der Waals surface area contributed by atoms with E-state index >= 15 is 0 Å². The lowest BCUT2D eigenvalue weighted by molar-refractivity contribution is -0.158. The van der Waals surface area contributed by atoms with Crippen LogP contribution in [0.4, 0.5) is 0 Å². The highest BCUT2D eigenvalue weighted by molar-refractivity contribution is 5.83. The summed E-state index contributed by atoms with van der Waals surface area (Å²) in [5.41, 5.74) is 0.840. The predicted octanol–water partition coefficient (Wildman–Crippen LogP) is 3.57. The van der Waals surface area contributed by atoms with E-state index in [0.717, 1.165) is 68.5 Å². The molecule has 0 atom stereocenters. The average molecular weight is 441 g/mol. The minimum Gasteiger partial charge on any atom is -0.493 e. The Morgan fingerprint density at radius 3 is 2.12 bits per heavy atom. The van der Waals surface area contributed by atoms with Crippen molar-refractivity contribution in [1.82, 2.24) is 10.2 Å². The Bertz CT molecular complexity index is 839. The standard InChI is InChI=1S/C26H36N2O4/c1-31-22-4-3-17(12-23(22)32-2)13-24(29)27-21-5-7-28(8-6-21)25(30)26-14-18-9-19(15-26)11-20(10-18)16-26/h3-4,12,18-21H,5-11,13-16H2,1-2H3,(H,27,29). The van der Waals surface area contributed by atoms with Gasteiger partial charge >= 0.3 is 0 Å². The molecule has 174 valence electrons. The molecule has 4 saturated carbocycles. The molecular weight excluding hydrogens is 404 g/mol. The number of likely N-dealkylation sites (tertiary alicyclic amines) is 1. The minimum absolute atomic E-state index is 0.0167. The van der Waals surface area contributed by atoms with E-state index in [1.807, 2.05) is 18.2 Å². The highest BCUT2D eigenvalue weighted by atomic mass is 16.5. The summed E-state index contributed by atoms with van der Waals surface area (Å²) in [6, 6.07) is 5.72. The summed E-state index contributed by atoms with van der Waals surface area (Å²) in [7, 11) is 3.20. The van der Waals surface area contributed by atoms with Gasteiger partial charge in [-0.05, 0) is 86.8 Å². The maximum atomic E-state index is 13.6. The first-order valence-corrected chi connectivity index (χ1v) is 12.3. The highest BCUT2D eigenvalue weighted by Crippen LogP contribution is 2.60. The van der Waals surface area contributed by atoms with Crippen LogP contribution in [0.2, 0.25) is 0 Å². The van der Waals surface area contributed by atoms with Crippen molar-refractivity contribution in [3.63, 3.8) is 0 Å². The van der Waals surface area contributed by atoms with Crippen LogP contribution < -0.4 is 14.8 Å². The first-order valence-electron chi connectivity index (χ1n) is 12.3. The third-order valence-corrected chi connectivity index (χ3v) is 8.45. The molecule has 1 N–H and O–H groups in total. The molecule has 1 aromatic carbocycles. The molecule has 1 saturated heterocycles. The second kappa shape index (κ2) is 8.60. The lowest BCUT2D eigenvalue weighted by Crippen LogP contribution is -2.56. The van der Waals surface area contributed by atoms with E-state index in [9.17, 15) is 9.59 Å². The molecule has 1 aliphatic heterocycles. The molecule has 5 aliphatic rings. The minimum atomic E-state index is -0.0573. The lowest BCUT2D eigenvalue weighted by Gasteiger charge is -2.57. The third kappa shape index (κ3) is 4.08. The van der Waals surface area contributed by atoms with Crippen LogP contribution in [0.1, 0.15) is 56.9 Å². The Labute approximate surface area is 191 Å². The van der Waals surface area contributed by atoms with Crippen LogP contribution in [-0.2, 0) is 16.0 Å². The Morgan fingerprint density at radius 2 is 1.56 bits per heavy atom. The van der Waals surface area contributed by atoms with Gasteiger partial charge in [0.1, 0.15) is 0 Å². The van der Waals surface area contributed by atoms with Crippen molar-refractivity contribution in [2.45, 2.75) is 63.8 Å². The molecule has 2 amide bonds. The Balaban J connectivity index is 1.13. The van der Waals surface area contributed by atoms with Crippen LogP contribution in [-0.4, -0.2) is 50.1 Å². The first-order chi connectivity index (χ1) is 15.5. The van der Waals surface area contributed by atoms with E-state index in [0.29, 0.717) is 23.8 Å². The van der Waals surface area contributed by atoms with E-state index in [1.165, 1.54) is 19.3 Å². The second-order valence-corrected chi connectivity index (χ2v) is 10.7. The molecule has 6 nitrogen and oxygen atoms in total. The largest absolute Gasteiger partial charge is 0.493 e. The van der Waals surface area contributed by atoms with Gasteiger partial charge in [-0.1, -0.05) is 6.07 Å². The van der Waals surface area contributed by atoms with Gasteiger partial charge in [0.2, 0.25) is 11.8 Å². The molecule has 0 aromatic heterocycles. The maximum absolute atomic E-state index is 13.6. The summed E-state index contributed by atoms with van der Waals surface area (Å²) in [5, 5.41) is 3.18. The number of nitrogens with one attached hydrogen (secondary N) is 1. The monoisotopic (exact) mass is 440 g/mol. The van der Waals surface area contributed by atoms with Gasteiger partial charge in [0, 0.05) is 19.1 Å². The highest BCUT2D eigenvalue weighted by Gasteiger charge is 2.55. The van der Waals surface area contributed by atoms with E-state index in [2.05, 4.69) is 10.2 Å². The van der Waals surface area contributed by atoms with Crippen molar-refractivity contribution in [1.29, 1.82) is 0 Å². The van der Waals surface area contributed by atoms with Gasteiger partial charge < -0.3 is 19.7 Å². The number of piperidine rings is 1. The van der Waals surface area contributed by atoms with Gasteiger partial charge in [-0.15, -0.1) is 0 Å². The van der Waals surface area contributed by atoms with Crippen molar-refractivity contribution in [2.24, 2.45) is 23.2 Å². The lowest BCUT2D eigenvalue weighted by atomic mass is 9.49. The molecule has 1 aromatic rings. The summed E-state index contributed by atoms with van der Waals surface area (Å²) in [4.78, 5) is 28.3. The zero-order valence-electron chi connectivity index (χ0n) is 19.4. The smallest absolute Gasteiger partial charge is 0.228 e. The molecule has 5 fully saturated rings. The average Bonchev–Trinajstić information content (AvgIpc) is 2.78. The molecule has 0 spiro atoms. The zero-order valence-corrected chi connectivity index (χ0v) is 19.4. The molecule has 32 heavy (non-hydrogen) atoms. The van der Waals surface area contributed by atoms with Crippen LogP contribution in [0.15, 0.2) is 18.2 Å². The summed E-state index contributed by atoms with van der Waals surface area (Å²) < 4.78 is 10.6. The van der Waals surface area contributed by atoms with Gasteiger partial charge in [0.05, 0.1) is 26.1 Å². The predicted molar refractivity (Wildman–Crippen MR) is 122 cm³/mol. The van der Waals surface area contributed by atoms with E-state index in [1.54, 1.807) is 14.2 Å². The van der Waals surface area contributed by atoms with Gasteiger partial charge in [0.15, 0.2) is 11.5 Å². The van der Waals surface area contributed by atoms with Gasteiger partial charge in [-0.25, -0.2) is 0 Å². The molecule has 1 heterocycles. The van der Waals surface area contributed by atoms with Crippen LogP contribution in [0.25, 0.3) is 0 Å². The molecule has 6 rings (SSSR count). The number of rotatable bonds is 6. The summed E-state index contributed by atoms with van der Waals surface area (Å²) in [6.45, 7) is 1.53. The Kier molecular flexibility index (Phi) is 5.81. The van der Waals surface area contributed by atoms with Crippen molar-refractivity contribution in [3.05, 3.63) is 23.8 Å². The number of amides is 2. The van der Waals surface area contributed by atoms with Crippen molar-refractivity contribution in [3.8, 4) is 11.5 Å². The fraction of sp³-hybridized carbons (Fsp3) is 0.692. The number of nitrogens with zero attached hydrogens (tertiary/aromatic N) is 1. The number of hydrogen-bond donors (Lipinski definition) is 1. The number of carbonyl (C=O) groups excluding carboxylic acids is 2. The fourth-order valence-electron chi connectivity index (χ4n) is 7.39.